The van der Waals surface area contributed by atoms with Gasteiger partial charge in [-0.05, 0) is 17.7 Å². The molecule has 0 aliphatic carbocycles. The minimum atomic E-state index is -3.85. The first-order valence-electron chi connectivity index (χ1n) is 6.41. The maximum absolute atomic E-state index is 12.6. The number of benzene rings is 1. The number of nitrogens with two attached hydrogens (primary N) is 1. The molecule has 0 aliphatic rings. The van der Waals surface area contributed by atoms with E-state index in [1.807, 2.05) is 30.3 Å². The van der Waals surface area contributed by atoms with Crippen LogP contribution in [0.3, 0.4) is 0 Å². The van der Waals surface area contributed by atoms with Crippen molar-refractivity contribution in [1.82, 2.24) is 9.29 Å². The second kappa shape index (κ2) is 6.66. The van der Waals surface area contributed by atoms with Crippen LogP contribution in [0.4, 0.5) is 5.69 Å². The quantitative estimate of drug-likeness (QED) is 0.824. The average Bonchev–Trinajstić information content (AvgIpc) is 2.48. The van der Waals surface area contributed by atoms with Crippen molar-refractivity contribution in [2.75, 3.05) is 18.9 Å². The van der Waals surface area contributed by atoms with Gasteiger partial charge in [-0.25, -0.2) is 13.4 Å². The van der Waals surface area contributed by atoms with Crippen LogP contribution in [0.25, 0.3) is 0 Å². The third kappa shape index (κ3) is 3.57. The first-order chi connectivity index (χ1) is 10.1. The van der Waals surface area contributed by atoms with E-state index in [9.17, 15) is 8.42 Å². The molecule has 1 aromatic heterocycles. The van der Waals surface area contributed by atoms with Crippen molar-refractivity contribution < 1.29 is 13.5 Å². The monoisotopic (exact) mass is 307 g/mol. The summed E-state index contributed by atoms with van der Waals surface area (Å²) in [5.41, 5.74) is 6.62. The molecule has 21 heavy (non-hydrogen) atoms. The SMILES string of the molecule is Nc1cccnc1S(=O)(=O)N(CCO)Cc1ccccc1. The maximum Gasteiger partial charge on any atom is 0.263 e. The Labute approximate surface area is 123 Å². The summed E-state index contributed by atoms with van der Waals surface area (Å²) in [6.45, 7) is -0.147. The lowest BCUT2D eigenvalue weighted by Crippen LogP contribution is -2.34. The highest BCUT2D eigenvalue weighted by atomic mass is 32.2. The van der Waals surface area contributed by atoms with Gasteiger partial charge < -0.3 is 10.8 Å². The molecule has 0 saturated heterocycles. The van der Waals surface area contributed by atoms with Gasteiger partial charge in [0.15, 0.2) is 5.03 Å². The second-order valence-electron chi connectivity index (χ2n) is 4.45. The molecule has 2 aromatic rings. The molecule has 1 aromatic carbocycles. The zero-order valence-corrected chi connectivity index (χ0v) is 12.2. The summed E-state index contributed by atoms with van der Waals surface area (Å²) >= 11 is 0. The van der Waals surface area contributed by atoms with E-state index in [-0.39, 0.29) is 30.4 Å². The number of aromatic nitrogens is 1. The standard InChI is InChI=1S/C14H17N3O3S/c15-13-7-4-8-16-14(13)21(19,20)17(9-10-18)11-12-5-2-1-3-6-12/h1-8,18H,9-11,15H2. The zero-order valence-electron chi connectivity index (χ0n) is 11.4. The third-order valence-electron chi connectivity index (χ3n) is 2.94. The number of aliphatic hydroxyl groups is 1. The van der Waals surface area contributed by atoms with Crippen molar-refractivity contribution in [3.8, 4) is 0 Å². The summed E-state index contributed by atoms with van der Waals surface area (Å²) in [5, 5.41) is 8.95. The molecule has 0 aliphatic heterocycles. The minimum absolute atomic E-state index is 0.0206. The number of pyridine rings is 1. The normalized spacial score (nSPS) is 11.7. The van der Waals surface area contributed by atoms with Gasteiger partial charge in [-0.3, -0.25) is 0 Å². The lowest BCUT2D eigenvalue weighted by molar-refractivity contribution is 0.251. The van der Waals surface area contributed by atoms with Crippen LogP contribution in [0.15, 0.2) is 53.7 Å². The first-order valence-corrected chi connectivity index (χ1v) is 7.85. The summed E-state index contributed by atoms with van der Waals surface area (Å²) in [6, 6.07) is 12.2. The van der Waals surface area contributed by atoms with Crippen molar-refractivity contribution in [2.24, 2.45) is 0 Å². The summed E-state index contributed by atoms with van der Waals surface area (Å²) in [7, 11) is -3.85. The van der Waals surface area contributed by atoms with Crippen LogP contribution >= 0.6 is 0 Å². The third-order valence-corrected chi connectivity index (χ3v) is 4.76. The predicted octanol–water partition coefficient (Wildman–Crippen LogP) is 0.847. The number of anilines is 1. The van der Waals surface area contributed by atoms with E-state index in [1.165, 1.54) is 16.6 Å². The van der Waals surface area contributed by atoms with Crippen LogP contribution in [0, 0.1) is 0 Å². The van der Waals surface area contributed by atoms with Crippen molar-refractivity contribution in [1.29, 1.82) is 0 Å². The van der Waals surface area contributed by atoms with E-state index < -0.39 is 10.0 Å². The first kappa shape index (κ1) is 15.4. The Hall–Kier alpha value is -1.96. The maximum atomic E-state index is 12.6. The Bertz CT molecular complexity index is 690. The van der Waals surface area contributed by atoms with E-state index in [2.05, 4.69) is 4.98 Å². The molecule has 3 N–H and O–H groups in total. The number of nitrogens with zero attached hydrogens (tertiary/aromatic N) is 2. The molecular weight excluding hydrogens is 290 g/mol. The highest BCUT2D eigenvalue weighted by Crippen LogP contribution is 2.21. The fraction of sp³-hybridized carbons (Fsp3) is 0.214. The van der Waals surface area contributed by atoms with Gasteiger partial charge in [0, 0.05) is 19.3 Å². The molecule has 0 atom stereocenters. The fourth-order valence-electron chi connectivity index (χ4n) is 1.92. The van der Waals surface area contributed by atoms with Gasteiger partial charge in [0.1, 0.15) is 0 Å². The predicted molar refractivity (Wildman–Crippen MR) is 79.8 cm³/mol. The average molecular weight is 307 g/mol. The van der Waals surface area contributed by atoms with Gasteiger partial charge >= 0.3 is 0 Å². The molecule has 0 radical (unpaired) electrons. The lowest BCUT2D eigenvalue weighted by Gasteiger charge is -2.21. The molecule has 6 nitrogen and oxygen atoms in total. The van der Waals surface area contributed by atoms with E-state index in [1.54, 1.807) is 6.07 Å². The molecule has 1 heterocycles. The number of sulfonamides is 1. The summed E-state index contributed by atoms with van der Waals surface area (Å²) in [4.78, 5) is 3.86. The Morgan fingerprint density at radius 3 is 2.48 bits per heavy atom. The van der Waals surface area contributed by atoms with E-state index in [0.717, 1.165) is 5.56 Å². The van der Waals surface area contributed by atoms with E-state index >= 15 is 0 Å². The van der Waals surface area contributed by atoms with Crippen molar-refractivity contribution in [3.05, 3.63) is 54.2 Å². The van der Waals surface area contributed by atoms with Crippen LogP contribution in [-0.4, -0.2) is 36.0 Å². The van der Waals surface area contributed by atoms with E-state index in [4.69, 9.17) is 10.8 Å². The molecular formula is C14H17N3O3S. The van der Waals surface area contributed by atoms with Crippen molar-refractivity contribution in [3.63, 3.8) is 0 Å². The second-order valence-corrected chi connectivity index (χ2v) is 6.30. The molecule has 0 amide bonds. The van der Waals surface area contributed by atoms with Crippen LogP contribution in [0.5, 0.6) is 0 Å². The Balaban J connectivity index is 2.35. The molecule has 0 unspecified atom stereocenters. The Morgan fingerprint density at radius 1 is 1.14 bits per heavy atom. The Kier molecular flexibility index (Phi) is 4.89. The summed E-state index contributed by atoms with van der Waals surface area (Å²) in [6.07, 6.45) is 1.38. The highest BCUT2D eigenvalue weighted by molar-refractivity contribution is 7.89. The number of hydrogen-bond acceptors (Lipinski definition) is 5. The fourth-order valence-corrected chi connectivity index (χ4v) is 3.37. The highest BCUT2D eigenvalue weighted by Gasteiger charge is 2.27. The molecule has 112 valence electrons. The molecule has 0 spiro atoms. The number of nitrogen functional groups attached to an aromatic ring is 1. The van der Waals surface area contributed by atoms with Crippen LogP contribution in [0.1, 0.15) is 5.56 Å². The number of aliphatic hydroxyl groups excluding tert-OH is 1. The largest absolute Gasteiger partial charge is 0.396 e. The smallest absolute Gasteiger partial charge is 0.263 e. The van der Waals surface area contributed by atoms with Crippen LogP contribution < -0.4 is 5.73 Å². The molecule has 0 fully saturated rings. The summed E-state index contributed by atoms with van der Waals surface area (Å²) < 4.78 is 26.4. The molecule has 7 heteroatoms. The van der Waals surface area contributed by atoms with Gasteiger partial charge in [-0.1, -0.05) is 30.3 Å². The van der Waals surface area contributed by atoms with Gasteiger partial charge in [0.2, 0.25) is 0 Å². The van der Waals surface area contributed by atoms with Crippen molar-refractivity contribution in [2.45, 2.75) is 11.6 Å². The lowest BCUT2D eigenvalue weighted by atomic mass is 10.2. The summed E-state index contributed by atoms with van der Waals surface area (Å²) in [5.74, 6) is 0. The van der Waals surface area contributed by atoms with Crippen molar-refractivity contribution >= 4 is 15.7 Å². The molecule has 0 bridgehead atoms. The Morgan fingerprint density at radius 2 is 1.86 bits per heavy atom. The van der Waals surface area contributed by atoms with Gasteiger partial charge in [0.05, 0.1) is 12.3 Å². The minimum Gasteiger partial charge on any atom is -0.396 e. The van der Waals surface area contributed by atoms with Gasteiger partial charge in [-0.15, -0.1) is 0 Å². The number of hydrogen-bond donors (Lipinski definition) is 2. The molecule has 2 rings (SSSR count). The number of rotatable bonds is 6. The molecule has 0 saturated carbocycles. The topological polar surface area (TPSA) is 96.5 Å². The van der Waals surface area contributed by atoms with Crippen LogP contribution in [0.2, 0.25) is 0 Å². The van der Waals surface area contributed by atoms with Crippen LogP contribution in [-0.2, 0) is 16.6 Å². The zero-order chi connectivity index (χ0) is 15.3. The van der Waals surface area contributed by atoms with E-state index in [0.29, 0.717) is 0 Å². The van der Waals surface area contributed by atoms with Gasteiger partial charge in [-0.2, -0.15) is 4.31 Å². The van der Waals surface area contributed by atoms with Gasteiger partial charge in [0.25, 0.3) is 10.0 Å².